The summed E-state index contributed by atoms with van der Waals surface area (Å²) >= 11 is 0. The van der Waals surface area contributed by atoms with E-state index in [4.69, 9.17) is 5.73 Å². The SMILES string of the molecule is Nc1ccccc1OCC(F)(F)C(F)(F)C(F)(F)C(F)F. The summed E-state index contributed by atoms with van der Waals surface area (Å²) < 4.78 is 105. The minimum Gasteiger partial charge on any atom is -0.485 e. The van der Waals surface area contributed by atoms with Crippen LogP contribution in [0.5, 0.6) is 5.75 Å². The summed E-state index contributed by atoms with van der Waals surface area (Å²) in [4.78, 5) is 0. The summed E-state index contributed by atoms with van der Waals surface area (Å²) in [5, 5.41) is 0. The van der Waals surface area contributed by atoms with E-state index in [-0.39, 0.29) is 5.69 Å². The molecule has 0 unspecified atom stereocenters. The van der Waals surface area contributed by atoms with Crippen molar-refractivity contribution < 1.29 is 39.9 Å². The van der Waals surface area contributed by atoms with Crippen LogP contribution in [0.3, 0.4) is 0 Å². The number of nitrogen functional groups attached to an aromatic ring is 1. The molecule has 21 heavy (non-hydrogen) atoms. The number of anilines is 1. The van der Waals surface area contributed by atoms with Crippen LogP contribution in [0.1, 0.15) is 0 Å². The minimum atomic E-state index is -6.29. The smallest absolute Gasteiger partial charge is 0.381 e. The van der Waals surface area contributed by atoms with Gasteiger partial charge in [-0.15, -0.1) is 0 Å². The van der Waals surface area contributed by atoms with Crippen molar-refractivity contribution in [1.29, 1.82) is 0 Å². The average Bonchev–Trinajstić information content (AvgIpc) is 2.37. The lowest BCUT2D eigenvalue weighted by atomic mass is 10.1. The zero-order valence-electron chi connectivity index (χ0n) is 10.1. The van der Waals surface area contributed by atoms with Gasteiger partial charge in [0.15, 0.2) is 6.61 Å². The summed E-state index contributed by atoms with van der Waals surface area (Å²) in [5.74, 6) is -18.5. The van der Waals surface area contributed by atoms with Gasteiger partial charge in [0, 0.05) is 0 Å². The van der Waals surface area contributed by atoms with Gasteiger partial charge in [0.05, 0.1) is 5.69 Å². The van der Waals surface area contributed by atoms with E-state index in [9.17, 15) is 35.1 Å². The summed E-state index contributed by atoms with van der Waals surface area (Å²) in [6, 6.07) is 4.84. The Labute approximate surface area is 113 Å². The van der Waals surface area contributed by atoms with Gasteiger partial charge in [0.25, 0.3) is 0 Å². The van der Waals surface area contributed by atoms with Gasteiger partial charge in [-0.25, -0.2) is 8.78 Å². The number of halogens is 8. The van der Waals surface area contributed by atoms with Gasteiger partial charge in [-0.3, -0.25) is 0 Å². The monoisotopic (exact) mass is 323 g/mol. The van der Waals surface area contributed by atoms with Crippen molar-refractivity contribution >= 4 is 5.69 Å². The van der Waals surface area contributed by atoms with Crippen molar-refractivity contribution in [2.45, 2.75) is 24.2 Å². The third kappa shape index (κ3) is 3.13. The number of ether oxygens (including phenoxy) is 1. The van der Waals surface area contributed by atoms with Crippen molar-refractivity contribution in [2.75, 3.05) is 12.3 Å². The van der Waals surface area contributed by atoms with E-state index in [1.807, 2.05) is 0 Å². The molecule has 0 saturated heterocycles. The highest BCUT2D eigenvalue weighted by Crippen LogP contribution is 2.48. The first-order chi connectivity index (χ1) is 9.43. The molecule has 0 aromatic heterocycles. The van der Waals surface area contributed by atoms with Gasteiger partial charge in [0.2, 0.25) is 0 Å². The lowest BCUT2D eigenvalue weighted by Crippen LogP contribution is -2.59. The van der Waals surface area contributed by atoms with Gasteiger partial charge in [-0.1, -0.05) is 12.1 Å². The standard InChI is InChI=1S/C11H9F8NO/c12-8(13)10(16,17)11(18,19)9(14,15)5-21-7-4-2-1-3-6(7)20/h1-4,8H,5,20H2. The number of hydrogen-bond acceptors (Lipinski definition) is 2. The quantitative estimate of drug-likeness (QED) is 0.638. The van der Waals surface area contributed by atoms with Crippen LogP contribution in [0, 0.1) is 0 Å². The topological polar surface area (TPSA) is 35.2 Å². The molecule has 0 aliphatic carbocycles. The molecule has 10 heteroatoms. The van der Waals surface area contributed by atoms with Crippen molar-refractivity contribution in [3.8, 4) is 5.75 Å². The van der Waals surface area contributed by atoms with Crippen LogP contribution in [-0.2, 0) is 0 Å². The molecule has 0 heterocycles. The molecule has 1 aromatic rings. The maximum Gasteiger partial charge on any atom is 0.381 e. The second-order valence-corrected chi connectivity index (χ2v) is 4.03. The Hall–Kier alpha value is -1.74. The van der Waals surface area contributed by atoms with Crippen LogP contribution >= 0.6 is 0 Å². The van der Waals surface area contributed by atoms with Gasteiger partial charge in [0.1, 0.15) is 5.75 Å². The van der Waals surface area contributed by atoms with Crippen LogP contribution in [0.25, 0.3) is 0 Å². The van der Waals surface area contributed by atoms with E-state index in [0.717, 1.165) is 6.07 Å². The first-order valence-corrected chi connectivity index (χ1v) is 5.32. The van der Waals surface area contributed by atoms with Gasteiger partial charge < -0.3 is 10.5 Å². The normalized spacial score (nSPS) is 13.6. The first-order valence-electron chi connectivity index (χ1n) is 5.32. The molecule has 2 nitrogen and oxygen atoms in total. The molecule has 1 aromatic carbocycles. The Morgan fingerprint density at radius 1 is 1.00 bits per heavy atom. The van der Waals surface area contributed by atoms with Crippen LogP contribution in [-0.4, -0.2) is 30.8 Å². The minimum absolute atomic E-state index is 0.211. The first kappa shape index (κ1) is 17.3. The number of rotatable bonds is 6. The molecule has 0 amide bonds. The molecule has 0 aliphatic rings. The maximum atomic E-state index is 13.1. The molecule has 0 fully saturated rings. The number of hydrogen-bond donors (Lipinski definition) is 1. The highest BCUT2D eigenvalue weighted by atomic mass is 19.4. The Balaban J connectivity index is 2.93. The predicted octanol–water partition coefficient (Wildman–Crippen LogP) is 3.82. The maximum absolute atomic E-state index is 13.1. The molecule has 0 atom stereocenters. The second-order valence-electron chi connectivity index (χ2n) is 4.03. The molecule has 0 spiro atoms. The summed E-state index contributed by atoms with van der Waals surface area (Å²) in [6.07, 6.45) is -4.96. The largest absolute Gasteiger partial charge is 0.485 e. The van der Waals surface area contributed by atoms with Crippen LogP contribution in [0.15, 0.2) is 24.3 Å². The lowest BCUT2D eigenvalue weighted by molar-refractivity contribution is -0.342. The fourth-order valence-corrected chi connectivity index (χ4v) is 1.25. The average molecular weight is 323 g/mol. The zero-order chi connectivity index (χ0) is 16.5. The Morgan fingerprint density at radius 3 is 2.00 bits per heavy atom. The second kappa shape index (κ2) is 5.57. The predicted molar refractivity (Wildman–Crippen MR) is 57.2 cm³/mol. The zero-order valence-corrected chi connectivity index (χ0v) is 10.1. The number of para-hydroxylation sites is 2. The van der Waals surface area contributed by atoms with Crippen molar-refractivity contribution in [2.24, 2.45) is 0 Å². The third-order valence-corrected chi connectivity index (χ3v) is 2.48. The Morgan fingerprint density at radius 2 is 1.52 bits per heavy atom. The van der Waals surface area contributed by atoms with Crippen molar-refractivity contribution in [3.05, 3.63) is 24.3 Å². The fourth-order valence-electron chi connectivity index (χ4n) is 1.25. The van der Waals surface area contributed by atoms with Crippen molar-refractivity contribution in [3.63, 3.8) is 0 Å². The van der Waals surface area contributed by atoms with E-state index < -0.39 is 36.5 Å². The van der Waals surface area contributed by atoms with Gasteiger partial charge in [-0.05, 0) is 12.1 Å². The molecule has 0 saturated carbocycles. The highest BCUT2D eigenvalue weighted by Gasteiger charge is 2.75. The van der Waals surface area contributed by atoms with Gasteiger partial charge in [-0.2, -0.15) is 26.3 Å². The number of nitrogens with two attached hydrogens (primary N) is 1. The Kier molecular flexibility index (Phi) is 4.59. The summed E-state index contributed by atoms with van der Waals surface area (Å²) in [7, 11) is 0. The lowest BCUT2D eigenvalue weighted by Gasteiger charge is -2.32. The van der Waals surface area contributed by atoms with Gasteiger partial charge >= 0.3 is 24.2 Å². The Bertz CT molecular complexity index is 491. The van der Waals surface area contributed by atoms with Crippen LogP contribution in [0.2, 0.25) is 0 Å². The van der Waals surface area contributed by atoms with E-state index in [2.05, 4.69) is 4.74 Å². The van der Waals surface area contributed by atoms with E-state index in [1.165, 1.54) is 18.2 Å². The van der Waals surface area contributed by atoms with E-state index in [1.54, 1.807) is 0 Å². The molecule has 0 aliphatic heterocycles. The highest BCUT2D eigenvalue weighted by molar-refractivity contribution is 5.51. The molecule has 0 radical (unpaired) electrons. The molecular weight excluding hydrogens is 314 g/mol. The molecule has 1 rings (SSSR count). The summed E-state index contributed by atoms with van der Waals surface area (Å²) in [5.41, 5.74) is 5.06. The molecule has 120 valence electrons. The fraction of sp³-hybridized carbons (Fsp3) is 0.455. The number of benzene rings is 1. The molecular formula is C11H9F8NO. The van der Waals surface area contributed by atoms with Crippen LogP contribution in [0.4, 0.5) is 40.8 Å². The van der Waals surface area contributed by atoms with E-state index in [0.29, 0.717) is 0 Å². The van der Waals surface area contributed by atoms with Crippen molar-refractivity contribution in [1.82, 2.24) is 0 Å². The van der Waals surface area contributed by atoms with Crippen LogP contribution < -0.4 is 10.5 Å². The molecule has 0 bridgehead atoms. The third-order valence-electron chi connectivity index (χ3n) is 2.48. The van der Waals surface area contributed by atoms with E-state index >= 15 is 0 Å². The summed E-state index contributed by atoms with van der Waals surface area (Å²) in [6.45, 7) is -2.24. The molecule has 2 N–H and O–H groups in total. The number of alkyl halides is 8.